The number of aryl methyl sites for hydroxylation is 1. The lowest BCUT2D eigenvalue weighted by molar-refractivity contribution is 0.117. The maximum Gasteiger partial charge on any atom is 0.251 e. The van der Waals surface area contributed by atoms with E-state index < -0.39 is 5.60 Å². The minimum atomic E-state index is -1.57. The number of aliphatic hydroxyl groups is 1. The molecule has 1 aliphatic carbocycles. The SMILES string of the molecule is CCOc1cccc(-c2cc(=O)n(CC3CC3)c3ccc(C(O)(c4ccc(Cl)nc4)c4cncn4C)cc23)c1. The Hall–Kier alpha value is -3.94. The molecule has 2 aromatic carbocycles. The van der Waals surface area contributed by atoms with Gasteiger partial charge in [-0.05, 0) is 72.7 Å². The van der Waals surface area contributed by atoms with Crippen LogP contribution in [-0.4, -0.2) is 30.8 Å². The van der Waals surface area contributed by atoms with E-state index in [0.717, 1.165) is 40.6 Å². The molecule has 1 N–H and O–H groups in total. The Balaban J connectivity index is 1.63. The second-order valence-corrected chi connectivity index (χ2v) is 10.5. The Kier molecular flexibility index (Phi) is 6.49. The number of hydrogen-bond donors (Lipinski definition) is 1. The number of benzene rings is 2. The van der Waals surface area contributed by atoms with Crippen LogP contribution in [0.4, 0.5) is 0 Å². The summed E-state index contributed by atoms with van der Waals surface area (Å²) in [6, 6.07) is 18.7. The second-order valence-electron chi connectivity index (χ2n) is 10.1. The number of ether oxygens (including phenoxy) is 1. The van der Waals surface area contributed by atoms with Gasteiger partial charge in [-0.1, -0.05) is 35.9 Å². The summed E-state index contributed by atoms with van der Waals surface area (Å²) in [6.45, 7) is 3.17. The fourth-order valence-electron chi connectivity index (χ4n) is 5.27. The zero-order valence-electron chi connectivity index (χ0n) is 21.8. The van der Waals surface area contributed by atoms with Crippen molar-refractivity contribution in [2.24, 2.45) is 13.0 Å². The van der Waals surface area contributed by atoms with E-state index in [4.69, 9.17) is 16.3 Å². The van der Waals surface area contributed by atoms with Gasteiger partial charge in [-0.15, -0.1) is 0 Å². The number of halogens is 1. The van der Waals surface area contributed by atoms with Gasteiger partial charge >= 0.3 is 0 Å². The highest BCUT2D eigenvalue weighted by Crippen LogP contribution is 2.40. The van der Waals surface area contributed by atoms with Crippen molar-refractivity contribution in [2.75, 3.05) is 6.61 Å². The van der Waals surface area contributed by atoms with Crippen LogP contribution in [0.5, 0.6) is 5.75 Å². The van der Waals surface area contributed by atoms with Gasteiger partial charge in [-0.2, -0.15) is 0 Å². The quantitative estimate of drug-likeness (QED) is 0.261. The third-order valence-electron chi connectivity index (χ3n) is 7.46. The molecule has 0 saturated heterocycles. The minimum Gasteiger partial charge on any atom is -0.494 e. The molecule has 1 aliphatic rings. The number of nitrogens with zero attached hydrogens (tertiary/aromatic N) is 4. The molecule has 0 radical (unpaired) electrons. The van der Waals surface area contributed by atoms with Crippen molar-refractivity contribution < 1.29 is 9.84 Å². The molecular weight excluding hydrogens is 512 g/mol. The molecule has 5 aromatic rings. The van der Waals surface area contributed by atoms with E-state index in [2.05, 4.69) is 9.97 Å². The highest BCUT2D eigenvalue weighted by molar-refractivity contribution is 6.29. The van der Waals surface area contributed by atoms with Crippen LogP contribution in [0, 0.1) is 5.92 Å². The number of pyridine rings is 2. The van der Waals surface area contributed by atoms with Crippen LogP contribution >= 0.6 is 11.6 Å². The van der Waals surface area contributed by atoms with Crippen LogP contribution in [0.25, 0.3) is 22.0 Å². The lowest BCUT2D eigenvalue weighted by Crippen LogP contribution is -2.31. The zero-order valence-corrected chi connectivity index (χ0v) is 22.6. The summed E-state index contributed by atoms with van der Waals surface area (Å²) in [5.41, 5.74) is 2.64. The van der Waals surface area contributed by atoms with Crippen LogP contribution in [0.3, 0.4) is 0 Å². The van der Waals surface area contributed by atoms with Gasteiger partial charge in [0, 0.05) is 36.8 Å². The molecule has 1 fully saturated rings. The molecule has 39 heavy (non-hydrogen) atoms. The molecule has 0 bridgehead atoms. The maximum absolute atomic E-state index is 13.4. The Morgan fingerprint density at radius 3 is 2.59 bits per heavy atom. The number of imidazole rings is 1. The van der Waals surface area contributed by atoms with Crippen LogP contribution in [0.2, 0.25) is 5.15 Å². The minimum absolute atomic E-state index is 0.0391. The van der Waals surface area contributed by atoms with Gasteiger partial charge in [0.05, 0.1) is 30.3 Å². The van der Waals surface area contributed by atoms with Gasteiger partial charge in [0.1, 0.15) is 10.9 Å². The topological polar surface area (TPSA) is 82.2 Å². The predicted molar refractivity (Wildman–Crippen MR) is 152 cm³/mol. The third-order valence-corrected chi connectivity index (χ3v) is 7.68. The fraction of sp³-hybridized carbons (Fsp3) is 0.258. The van der Waals surface area contributed by atoms with Gasteiger partial charge in [0.25, 0.3) is 5.56 Å². The molecule has 3 heterocycles. The number of hydrogen-bond acceptors (Lipinski definition) is 5. The number of fused-ring (bicyclic) bond motifs is 1. The second kappa shape index (κ2) is 9.98. The molecule has 1 unspecified atom stereocenters. The first-order valence-corrected chi connectivity index (χ1v) is 13.5. The summed E-state index contributed by atoms with van der Waals surface area (Å²) < 4.78 is 9.40. The van der Waals surface area contributed by atoms with Crippen molar-refractivity contribution in [3.63, 3.8) is 0 Å². The van der Waals surface area contributed by atoms with Crippen LogP contribution in [0.1, 0.15) is 36.6 Å². The van der Waals surface area contributed by atoms with E-state index in [1.54, 1.807) is 41.5 Å². The lowest BCUT2D eigenvalue weighted by Gasteiger charge is -2.30. The van der Waals surface area contributed by atoms with E-state index in [0.29, 0.717) is 41.0 Å². The molecule has 198 valence electrons. The summed E-state index contributed by atoms with van der Waals surface area (Å²) >= 11 is 6.09. The highest BCUT2D eigenvalue weighted by Gasteiger charge is 2.37. The highest BCUT2D eigenvalue weighted by atomic mass is 35.5. The average Bonchev–Trinajstić information content (AvgIpc) is 3.66. The van der Waals surface area contributed by atoms with E-state index in [1.165, 1.54) is 0 Å². The lowest BCUT2D eigenvalue weighted by atomic mass is 9.83. The first kappa shape index (κ1) is 25.3. The normalized spacial score (nSPS) is 14.9. The molecule has 3 aromatic heterocycles. The molecule has 7 nitrogen and oxygen atoms in total. The van der Waals surface area contributed by atoms with Crippen molar-refractivity contribution in [3.8, 4) is 16.9 Å². The van der Waals surface area contributed by atoms with E-state index in [9.17, 15) is 9.90 Å². The van der Waals surface area contributed by atoms with Gasteiger partial charge in [0.15, 0.2) is 5.60 Å². The van der Waals surface area contributed by atoms with Gasteiger partial charge < -0.3 is 19.0 Å². The van der Waals surface area contributed by atoms with Crippen LogP contribution in [0.15, 0.2) is 84.2 Å². The van der Waals surface area contributed by atoms with E-state index in [1.807, 2.05) is 61.0 Å². The summed E-state index contributed by atoms with van der Waals surface area (Å²) in [6.07, 6.45) is 7.16. The largest absolute Gasteiger partial charge is 0.494 e. The molecule has 8 heteroatoms. The third kappa shape index (κ3) is 4.62. The van der Waals surface area contributed by atoms with E-state index >= 15 is 0 Å². The average molecular weight is 541 g/mol. The van der Waals surface area contributed by atoms with Crippen molar-refractivity contribution in [1.29, 1.82) is 0 Å². The molecule has 0 amide bonds. The predicted octanol–water partition coefficient (Wildman–Crippen LogP) is 5.54. The fourth-order valence-corrected chi connectivity index (χ4v) is 5.39. The van der Waals surface area contributed by atoms with Gasteiger partial charge in [0.2, 0.25) is 0 Å². The van der Waals surface area contributed by atoms with Crippen molar-refractivity contribution in [2.45, 2.75) is 31.9 Å². The molecule has 1 atom stereocenters. The summed E-state index contributed by atoms with van der Waals surface area (Å²) in [7, 11) is 1.84. The smallest absolute Gasteiger partial charge is 0.251 e. The summed E-state index contributed by atoms with van der Waals surface area (Å²) in [5.74, 6) is 1.25. The Bertz CT molecular complexity index is 1720. The van der Waals surface area contributed by atoms with Gasteiger partial charge in [-0.25, -0.2) is 9.97 Å². The standard InChI is InChI=1S/C31H29ClN4O3/c1-3-39-24-6-4-5-21(13-24)25-15-30(37)36(18-20-7-8-20)27-11-9-22(14-26(25)27)31(38,28-17-33-19-35(28)2)23-10-12-29(32)34-16-23/h4-6,9-17,19-20,38H,3,7-8,18H2,1-2H3. The number of aromatic nitrogens is 4. The number of rotatable bonds is 8. The summed E-state index contributed by atoms with van der Waals surface area (Å²) in [4.78, 5) is 21.9. The van der Waals surface area contributed by atoms with Gasteiger partial charge in [-0.3, -0.25) is 4.79 Å². The first-order chi connectivity index (χ1) is 18.9. The van der Waals surface area contributed by atoms with E-state index in [-0.39, 0.29) is 5.56 Å². The molecule has 6 rings (SSSR count). The zero-order chi connectivity index (χ0) is 27.1. The van der Waals surface area contributed by atoms with Crippen LogP contribution < -0.4 is 10.3 Å². The Labute approximate surface area is 231 Å². The molecular formula is C31H29ClN4O3. The molecule has 0 spiro atoms. The first-order valence-electron chi connectivity index (χ1n) is 13.1. The maximum atomic E-state index is 13.4. The van der Waals surface area contributed by atoms with Crippen LogP contribution in [-0.2, 0) is 19.2 Å². The molecule has 1 saturated carbocycles. The Morgan fingerprint density at radius 1 is 1.08 bits per heavy atom. The Morgan fingerprint density at radius 2 is 1.90 bits per heavy atom. The monoisotopic (exact) mass is 540 g/mol. The van der Waals surface area contributed by atoms with Crippen molar-refractivity contribution in [3.05, 3.63) is 112 Å². The van der Waals surface area contributed by atoms with Crippen molar-refractivity contribution in [1.82, 2.24) is 19.1 Å². The van der Waals surface area contributed by atoms with Crippen molar-refractivity contribution >= 4 is 22.5 Å². The summed E-state index contributed by atoms with van der Waals surface area (Å²) in [5, 5.41) is 13.7. The molecule has 0 aliphatic heterocycles.